The van der Waals surface area contributed by atoms with Crippen molar-refractivity contribution in [3.05, 3.63) is 41.6 Å². The molecule has 0 amide bonds. The maximum absolute atomic E-state index is 10.2. The zero-order valence-corrected chi connectivity index (χ0v) is 12.6. The van der Waals surface area contributed by atoms with Crippen LogP contribution >= 0.6 is 11.6 Å². The van der Waals surface area contributed by atoms with E-state index in [9.17, 15) is 5.11 Å². The quantitative estimate of drug-likeness (QED) is 0.901. The van der Waals surface area contributed by atoms with Crippen LogP contribution in [0.1, 0.15) is 18.4 Å². The molecular formula is C15H16ClN5O. The number of hydrogen-bond donors (Lipinski definition) is 2. The fourth-order valence-electron chi connectivity index (χ4n) is 2.92. The molecular weight excluding hydrogens is 302 g/mol. The van der Waals surface area contributed by atoms with Crippen molar-refractivity contribution in [1.29, 1.82) is 5.26 Å². The van der Waals surface area contributed by atoms with Crippen molar-refractivity contribution in [3.63, 3.8) is 0 Å². The monoisotopic (exact) mass is 317 g/mol. The van der Waals surface area contributed by atoms with E-state index in [0.717, 1.165) is 13.0 Å². The molecule has 1 aliphatic carbocycles. The Kier molecular flexibility index (Phi) is 4.27. The van der Waals surface area contributed by atoms with Gasteiger partial charge in [-0.25, -0.2) is 9.97 Å². The summed E-state index contributed by atoms with van der Waals surface area (Å²) < 4.78 is 2.02. The number of anilines is 1. The van der Waals surface area contributed by atoms with E-state index in [1.54, 1.807) is 18.6 Å². The van der Waals surface area contributed by atoms with Crippen LogP contribution in [-0.4, -0.2) is 31.8 Å². The highest BCUT2D eigenvalue weighted by molar-refractivity contribution is 6.34. The number of hydrogen-bond acceptors (Lipinski definition) is 5. The van der Waals surface area contributed by atoms with Crippen molar-refractivity contribution in [3.8, 4) is 6.07 Å². The number of nitrogens with one attached hydrogen (secondary N) is 1. The van der Waals surface area contributed by atoms with E-state index in [1.807, 2.05) is 16.8 Å². The van der Waals surface area contributed by atoms with Gasteiger partial charge in [-0.1, -0.05) is 11.6 Å². The summed E-state index contributed by atoms with van der Waals surface area (Å²) in [7, 11) is 0. The summed E-state index contributed by atoms with van der Waals surface area (Å²) in [4.78, 5) is 8.19. The van der Waals surface area contributed by atoms with Crippen molar-refractivity contribution < 1.29 is 5.11 Å². The van der Waals surface area contributed by atoms with Gasteiger partial charge >= 0.3 is 0 Å². The lowest BCUT2D eigenvalue weighted by Gasteiger charge is -2.18. The molecule has 0 aliphatic heterocycles. The molecule has 1 fully saturated rings. The number of aromatic nitrogens is 3. The molecule has 0 saturated heterocycles. The van der Waals surface area contributed by atoms with Gasteiger partial charge in [0.15, 0.2) is 0 Å². The first-order chi connectivity index (χ1) is 10.7. The van der Waals surface area contributed by atoms with Gasteiger partial charge in [0, 0.05) is 25.1 Å². The molecule has 2 N–H and O–H groups in total. The van der Waals surface area contributed by atoms with E-state index < -0.39 is 6.10 Å². The number of aliphatic hydroxyl groups is 1. The smallest absolute Gasteiger partial charge is 0.146 e. The molecule has 114 valence electrons. The van der Waals surface area contributed by atoms with Crippen molar-refractivity contribution >= 4 is 17.4 Å². The molecule has 3 atom stereocenters. The molecule has 1 saturated carbocycles. The largest absolute Gasteiger partial charge is 0.391 e. The van der Waals surface area contributed by atoms with Gasteiger partial charge < -0.3 is 15.0 Å². The van der Waals surface area contributed by atoms with E-state index in [-0.39, 0.29) is 6.04 Å². The SMILES string of the molecule is N#Cc1ccnc(N[C@@H]2CC(Cn3ccnc3)C[C@H]2O)c1Cl. The first kappa shape index (κ1) is 14.8. The molecule has 3 rings (SSSR count). The van der Waals surface area contributed by atoms with Crippen LogP contribution in [0.2, 0.25) is 5.02 Å². The Morgan fingerprint density at radius 1 is 1.45 bits per heavy atom. The van der Waals surface area contributed by atoms with Crippen molar-refractivity contribution in [2.75, 3.05) is 5.32 Å². The lowest BCUT2D eigenvalue weighted by molar-refractivity contribution is 0.166. The first-order valence-electron chi connectivity index (χ1n) is 7.12. The first-order valence-corrected chi connectivity index (χ1v) is 7.50. The minimum atomic E-state index is -0.461. The molecule has 0 radical (unpaired) electrons. The number of aliphatic hydroxyl groups excluding tert-OH is 1. The van der Waals surface area contributed by atoms with E-state index in [1.165, 1.54) is 6.20 Å². The molecule has 6 nitrogen and oxygen atoms in total. The Labute approximate surface area is 133 Å². The second kappa shape index (κ2) is 6.34. The van der Waals surface area contributed by atoms with Crippen LogP contribution in [0.3, 0.4) is 0 Å². The summed E-state index contributed by atoms with van der Waals surface area (Å²) in [5.41, 5.74) is 0.376. The highest BCUT2D eigenvalue weighted by Crippen LogP contribution is 2.32. The number of nitrogens with zero attached hydrogens (tertiary/aromatic N) is 4. The van der Waals surface area contributed by atoms with Crippen molar-refractivity contribution in [1.82, 2.24) is 14.5 Å². The van der Waals surface area contributed by atoms with Crippen LogP contribution in [0.25, 0.3) is 0 Å². The average molecular weight is 318 g/mol. The van der Waals surface area contributed by atoms with E-state index in [4.69, 9.17) is 16.9 Å². The predicted molar refractivity (Wildman–Crippen MR) is 82.3 cm³/mol. The van der Waals surface area contributed by atoms with Crippen molar-refractivity contribution in [2.24, 2.45) is 5.92 Å². The summed E-state index contributed by atoms with van der Waals surface area (Å²) in [5.74, 6) is 0.813. The number of rotatable bonds is 4. The highest BCUT2D eigenvalue weighted by atomic mass is 35.5. The van der Waals surface area contributed by atoms with E-state index in [0.29, 0.717) is 28.7 Å². The fourth-order valence-corrected chi connectivity index (χ4v) is 3.13. The highest BCUT2D eigenvalue weighted by Gasteiger charge is 2.33. The van der Waals surface area contributed by atoms with Gasteiger partial charge in [0.2, 0.25) is 0 Å². The van der Waals surface area contributed by atoms with Crippen LogP contribution < -0.4 is 5.32 Å². The van der Waals surface area contributed by atoms with Crippen LogP contribution in [0.4, 0.5) is 5.82 Å². The van der Waals surface area contributed by atoms with Gasteiger partial charge in [-0.05, 0) is 24.8 Å². The number of nitriles is 1. The molecule has 0 spiro atoms. The third-order valence-electron chi connectivity index (χ3n) is 3.99. The Hall–Kier alpha value is -2.10. The van der Waals surface area contributed by atoms with Crippen molar-refractivity contribution in [2.45, 2.75) is 31.5 Å². The standard InChI is InChI=1S/C15H16ClN5O/c16-14-11(7-17)1-2-19-15(14)20-12-5-10(6-13(12)22)8-21-4-3-18-9-21/h1-4,9-10,12-13,22H,5-6,8H2,(H,19,20)/t10?,12-,13-/m1/s1. The van der Waals surface area contributed by atoms with Crippen LogP contribution in [-0.2, 0) is 6.54 Å². The van der Waals surface area contributed by atoms with Crippen LogP contribution in [0.5, 0.6) is 0 Å². The number of pyridine rings is 1. The minimum absolute atomic E-state index is 0.118. The molecule has 0 aromatic carbocycles. The maximum atomic E-state index is 10.2. The molecule has 0 bridgehead atoms. The van der Waals surface area contributed by atoms with E-state index >= 15 is 0 Å². The lowest BCUT2D eigenvalue weighted by Crippen LogP contribution is -2.28. The summed E-state index contributed by atoms with van der Waals surface area (Å²) >= 11 is 6.15. The van der Waals surface area contributed by atoms with Gasteiger partial charge in [-0.15, -0.1) is 0 Å². The Morgan fingerprint density at radius 2 is 2.32 bits per heavy atom. The lowest BCUT2D eigenvalue weighted by atomic mass is 10.1. The van der Waals surface area contributed by atoms with Gasteiger partial charge in [0.1, 0.15) is 16.9 Å². The molecule has 2 aromatic heterocycles. The summed E-state index contributed by atoms with van der Waals surface area (Å²) in [6.07, 6.45) is 8.05. The summed E-state index contributed by atoms with van der Waals surface area (Å²) in [6, 6.07) is 3.48. The zero-order valence-electron chi connectivity index (χ0n) is 11.9. The average Bonchev–Trinajstić information content (AvgIpc) is 3.12. The summed E-state index contributed by atoms with van der Waals surface area (Å²) in [5, 5.41) is 22.7. The molecule has 1 unspecified atom stereocenters. The van der Waals surface area contributed by atoms with Gasteiger partial charge in [-0.2, -0.15) is 5.26 Å². The fraction of sp³-hybridized carbons (Fsp3) is 0.400. The minimum Gasteiger partial charge on any atom is -0.391 e. The maximum Gasteiger partial charge on any atom is 0.146 e. The van der Waals surface area contributed by atoms with Gasteiger partial charge in [0.05, 0.1) is 24.0 Å². The van der Waals surface area contributed by atoms with Gasteiger partial charge in [-0.3, -0.25) is 0 Å². The molecule has 1 aliphatic rings. The number of halogens is 1. The molecule has 7 heteroatoms. The van der Waals surface area contributed by atoms with E-state index in [2.05, 4.69) is 15.3 Å². The second-order valence-electron chi connectivity index (χ2n) is 5.55. The predicted octanol–water partition coefficient (Wildman–Crippen LogP) is 2.05. The second-order valence-corrected chi connectivity index (χ2v) is 5.93. The zero-order chi connectivity index (χ0) is 15.5. The Balaban J connectivity index is 1.67. The third-order valence-corrected chi connectivity index (χ3v) is 4.37. The normalized spacial score (nSPS) is 24.1. The summed E-state index contributed by atoms with van der Waals surface area (Å²) in [6.45, 7) is 0.828. The molecule has 22 heavy (non-hydrogen) atoms. The topological polar surface area (TPSA) is 86.8 Å². The Morgan fingerprint density at radius 3 is 3.05 bits per heavy atom. The van der Waals surface area contributed by atoms with Gasteiger partial charge in [0.25, 0.3) is 0 Å². The number of imidazole rings is 1. The Bertz CT molecular complexity index is 682. The van der Waals surface area contributed by atoms with Crippen LogP contribution in [0.15, 0.2) is 31.0 Å². The van der Waals surface area contributed by atoms with Crippen LogP contribution in [0, 0.1) is 17.2 Å². The third kappa shape index (κ3) is 3.06. The molecule has 2 aromatic rings. The molecule has 2 heterocycles.